The standard InChI is InChI=1S/C24H24N4O5/c1-27-20-12-17(9-10-21(20)33-24(27)32)15-5-7-16(8-6-15)18(13-25)14-26-22(29)19-4-2-3-11-28(19)23(30)31/h5-10,12,18-19H,2-4,11,14H2,1H3,(H,26,29)(H,30,31)/t18-,19?/m0/s1. The Morgan fingerprint density at radius 2 is 1.94 bits per heavy atom. The molecule has 1 fully saturated rings. The third-order valence-corrected chi connectivity index (χ3v) is 6.13. The van der Waals surface area contributed by atoms with E-state index in [0.29, 0.717) is 24.1 Å². The van der Waals surface area contributed by atoms with E-state index in [9.17, 15) is 24.8 Å². The van der Waals surface area contributed by atoms with Gasteiger partial charge in [0.2, 0.25) is 5.91 Å². The van der Waals surface area contributed by atoms with Gasteiger partial charge in [-0.2, -0.15) is 5.26 Å². The number of aromatic nitrogens is 1. The van der Waals surface area contributed by atoms with Crippen LogP contribution >= 0.6 is 0 Å². The SMILES string of the molecule is Cn1c(=O)oc2ccc(-c3ccc([C@@H](C#N)CNC(=O)C4CCCCN4C(=O)O)cc3)cc21. The van der Waals surface area contributed by atoms with E-state index in [1.165, 1.54) is 9.47 Å². The summed E-state index contributed by atoms with van der Waals surface area (Å²) in [4.78, 5) is 36.9. The molecule has 1 saturated heterocycles. The van der Waals surface area contributed by atoms with Crippen LogP contribution in [0.1, 0.15) is 30.7 Å². The summed E-state index contributed by atoms with van der Waals surface area (Å²) >= 11 is 0. The van der Waals surface area contributed by atoms with Crippen LogP contribution in [0.2, 0.25) is 0 Å². The van der Waals surface area contributed by atoms with E-state index in [2.05, 4.69) is 11.4 Å². The zero-order valence-corrected chi connectivity index (χ0v) is 18.2. The van der Waals surface area contributed by atoms with E-state index in [1.807, 2.05) is 36.4 Å². The number of piperidine rings is 1. The molecule has 4 rings (SSSR count). The highest BCUT2D eigenvalue weighted by Gasteiger charge is 2.32. The summed E-state index contributed by atoms with van der Waals surface area (Å²) in [5, 5.41) is 21.7. The van der Waals surface area contributed by atoms with Gasteiger partial charge in [-0.1, -0.05) is 30.3 Å². The molecule has 2 heterocycles. The van der Waals surface area contributed by atoms with Crippen molar-refractivity contribution in [3.63, 3.8) is 0 Å². The van der Waals surface area contributed by atoms with Gasteiger partial charge in [0.1, 0.15) is 6.04 Å². The van der Waals surface area contributed by atoms with Crippen LogP contribution in [0, 0.1) is 11.3 Å². The number of carbonyl (C=O) groups excluding carboxylic acids is 1. The summed E-state index contributed by atoms with van der Waals surface area (Å²) in [6.07, 6.45) is 0.920. The number of carboxylic acid groups (broad SMARTS) is 1. The number of carbonyl (C=O) groups is 2. The minimum absolute atomic E-state index is 0.0989. The monoisotopic (exact) mass is 448 g/mol. The predicted molar refractivity (Wildman–Crippen MR) is 121 cm³/mol. The van der Waals surface area contributed by atoms with Crippen LogP contribution in [0.4, 0.5) is 4.79 Å². The van der Waals surface area contributed by atoms with Crippen LogP contribution in [-0.2, 0) is 11.8 Å². The molecule has 0 aliphatic carbocycles. The number of nitriles is 1. The molecular formula is C24H24N4O5. The lowest BCUT2D eigenvalue weighted by Gasteiger charge is -2.32. The Bertz CT molecular complexity index is 1280. The second kappa shape index (κ2) is 9.20. The molecule has 170 valence electrons. The lowest BCUT2D eigenvalue weighted by atomic mass is 9.96. The van der Waals surface area contributed by atoms with Gasteiger partial charge < -0.3 is 14.8 Å². The molecule has 1 unspecified atom stereocenters. The summed E-state index contributed by atoms with van der Waals surface area (Å²) in [5.41, 5.74) is 3.77. The summed E-state index contributed by atoms with van der Waals surface area (Å²) in [7, 11) is 1.65. The first kappa shape index (κ1) is 22.1. The van der Waals surface area contributed by atoms with Gasteiger partial charge in [-0.15, -0.1) is 0 Å². The molecule has 0 spiro atoms. The van der Waals surface area contributed by atoms with Crippen LogP contribution in [0.5, 0.6) is 0 Å². The molecule has 0 radical (unpaired) electrons. The van der Waals surface area contributed by atoms with Crippen LogP contribution < -0.4 is 11.1 Å². The van der Waals surface area contributed by atoms with Crippen molar-refractivity contribution in [1.82, 2.24) is 14.8 Å². The molecule has 2 amide bonds. The number of nitrogens with one attached hydrogen (secondary N) is 1. The molecule has 2 atom stereocenters. The maximum atomic E-state index is 12.6. The fourth-order valence-electron chi connectivity index (χ4n) is 4.21. The zero-order chi connectivity index (χ0) is 23.5. The molecule has 1 aliphatic rings. The maximum Gasteiger partial charge on any atom is 0.419 e. The van der Waals surface area contributed by atoms with Gasteiger partial charge in [0.15, 0.2) is 5.58 Å². The number of benzene rings is 2. The molecule has 1 aliphatic heterocycles. The molecule has 0 bridgehead atoms. The third kappa shape index (κ3) is 4.46. The number of rotatable bonds is 5. The summed E-state index contributed by atoms with van der Waals surface area (Å²) in [5.74, 6) is -1.36. The molecule has 9 nitrogen and oxygen atoms in total. The molecule has 0 saturated carbocycles. The van der Waals surface area contributed by atoms with E-state index in [4.69, 9.17) is 4.42 Å². The predicted octanol–water partition coefficient (Wildman–Crippen LogP) is 3.05. The average Bonchev–Trinajstić information content (AvgIpc) is 3.12. The Balaban J connectivity index is 1.45. The van der Waals surface area contributed by atoms with Crippen LogP contribution in [0.15, 0.2) is 51.7 Å². The van der Waals surface area contributed by atoms with Gasteiger partial charge in [-0.25, -0.2) is 9.59 Å². The van der Waals surface area contributed by atoms with E-state index in [1.54, 1.807) is 13.1 Å². The third-order valence-electron chi connectivity index (χ3n) is 6.13. The lowest BCUT2D eigenvalue weighted by molar-refractivity contribution is -0.126. The number of likely N-dealkylation sites (tertiary alicyclic amines) is 1. The maximum absolute atomic E-state index is 12.6. The van der Waals surface area contributed by atoms with Crippen molar-refractivity contribution in [3.8, 4) is 17.2 Å². The highest BCUT2D eigenvalue weighted by Crippen LogP contribution is 2.26. The number of hydrogen-bond donors (Lipinski definition) is 2. The number of amides is 2. The van der Waals surface area contributed by atoms with E-state index >= 15 is 0 Å². The van der Waals surface area contributed by atoms with Crippen molar-refractivity contribution < 1.29 is 19.1 Å². The summed E-state index contributed by atoms with van der Waals surface area (Å²) < 4.78 is 6.61. The molecular weight excluding hydrogens is 424 g/mol. The summed E-state index contributed by atoms with van der Waals surface area (Å²) in [6.45, 7) is 0.442. The normalized spacial score (nSPS) is 16.8. The minimum atomic E-state index is -1.10. The Hall–Kier alpha value is -4.06. The van der Waals surface area contributed by atoms with Crippen molar-refractivity contribution in [2.75, 3.05) is 13.1 Å². The fraction of sp³-hybridized carbons (Fsp3) is 0.333. The Morgan fingerprint density at radius 1 is 1.21 bits per heavy atom. The van der Waals surface area contributed by atoms with Gasteiger partial charge >= 0.3 is 11.8 Å². The van der Waals surface area contributed by atoms with Crippen molar-refractivity contribution in [3.05, 3.63) is 58.6 Å². The number of hydrogen-bond acceptors (Lipinski definition) is 5. The first-order chi connectivity index (χ1) is 15.9. The fourth-order valence-corrected chi connectivity index (χ4v) is 4.21. The first-order valence-corrected chi connectivity index (χ1v) is 10.8. The second-order valence-electron chi connectivity index (χ2n) is 8.15. The zero-order valence-electron chi connectivity index (χ0n) is 18.2. The smallest absolute Gasteiger partial charge is 0.419 e. The number of aryl methyl sites for hydroxylation is 1. The quantitative estimate of drug-likeness (QED) is 0.617. The molecule has 2 N–H and O–H groups in total. The molecule has 1 aromatic heterocycles. The van der Waals surface area contributed by atoms with Gasteiger partial charge in [0, 0.05) is 20.1 Å². The lowest BCUT2D eigenvalue weighted by Crippen LogP contribution is -2.52. The topological polar surface area (TPSA) is 129 Å². The average molecular weight is 448 g/mol. The Labute approximate surface area is 189 Å². The van der Waals surface area contributed by atoms with Crippen molar-refractivity contribution in [1.29, 1.82) is 5.26 Å². The Kier molecular flexibility index (Phi) is 6.18. The molecule has 3 aromatic rings. The van der Waals surface area contributed by atoms with Gasteiger partial charge in [0.25, 0.3) is 0 Å². The van der Waals surface area contributed by atoms with Crippen molar-refractivity contribution >= 4 is 23.1 Å². The number of nitrogens with zero attached hydrogens (tertiary/aromatic N) is 3. The van der Waals surface area contributed by atoms with Gasteiger partial charge in [0.05, 0.1) is 17.5 Å². The number of oxazole rings is 1. The minimum Gasteiger partial charge on any atom is -0.465 e. The largest absolute Gasteiger partial charge is 0.465 e. The Morgan fingerprint density at radius 3 is 2.64 bits per heavy atom. The van der Waals surface area contributed by atoms with Crippen LogP contribution in [0.3, 0.4) is 0 Å². The molecule has 33 heavy (non-hydrogen) atoms. The molecule has 2 aromatic carbocycles. The van der Waals surface area contributed by atoms with E-state index < -0.39 is 23.8 Å². The highest BCUT2D eigenvalue weighted by atomic mass is 16.4. The van der Waals surface area contributed by atoms with E-state index in [0.717, 1.165) is 29.5 Å². The highest BCUT2D eigenvalue weighted by molar-refractivity contribution is 5.85. The number of fused-ring (bicyclic) bond motifs is 1. The van der Waals surface area contributed by atoms with Gasteiger partial charge in [-0.05, 0) is 48.1 Å². The molecule has 9 heteroatoms. The second-order valence-corrected chi connectivity index (χ2v) is 8.15. The summed E-state index contributed by atoms with van der Waals surface area (Å²) in [6, 6.07) is 14.4. The van der Waals surface area contributed by atoms with Crippen molar-refractivity contribution in [2.45, 2.75) is 31.2 Å². The van der Waals surface area contributed by atoms with E-state index in [-0.39, 0.29) is 12.5 Å². The van der Waals surface area contributed by atoms with Crippen molar-refractivity contribution in [2.24, 2.45) is 7.05 Å². The first-order valence-electron chi connectivity index (χ1n) is 10.8. The van der Waals surface area contributed by atoms with Crippen LogP contribution in [-0.4, -0.2) is 45.7 Å². The van der Waals surface area contributed by atoms with Gasteiger partial charge in [-0.3, -0.25) is 14.3 Å². The van der Waals surface area contributed by atoms with Crippen LogP contribution in [0.25, 0.3) is 22.2 Å².